The molecule has 1 aromatic rings. The van der Waals surface area contributed by atoms with Gasteiger partial charge in [-0.1, -0.05) is 30.3 Å². The molecule has 2 rings (SSSR count). The molecule has 2 unspecified atom stereocenters. The number of carbonyl (C=O) groups excluding carboxylic acids is 1. The molecule has 1 amide bonds. The predicted molar refractivity (Wildman–Crippen MR) is 71.9 cm³/mol. The van der Waals surface area contributed by atoms with E-state index in [0.717, 1.165) is 6.42 Å². The number of thiol groups is 1. The highest BCUT2D eigenvalue weighted by atomic mass is 32.1. The third kappa shape index (κ3) is 2.82. The van der Waals surface area contributed by atoms with Crippen LogP contribution in [-0.4, -0.2) is 19.0 Å². The number of hydrogen-bond donors (Lipinski definition) is 3. The van der Waals surface area contributed by atoms with Gasteiger partial charge in [0.1, 0.15) is 5.70 Å². The van der Waals surface area contributed by atoms with Crippen LogP contribution in [0.1, 0.15) is 17.9 Å². The summed E-state index contributed by atoms with van der Waals surface area (Å²) in [5, 5.41) is 7.28. The maximum Gasteiger partial charge on any atom is 0.268 e. The Morgan fingerprint density at radius 1 is 1.41 bits per heavy atom. The van der Waals surface area contributed by atoms with Gasteiger partial charge in [-0.3, -0.25) is 4.79 Å². The second-order valence-electron chi connectivity index (χ2n) is 4.13. The van der Waals surface area contributed by atoms with Crippen molar-refractivity contribution in [1.82, 2.24) is 10.6 Å². The highest BCUT2D eigenvalue weighted by Crippen LogP contribution is 2.40. The molecular weight excluding hydrogens is 232 g/mol. The molecule has 1 aliphatic carbocycles. The summed E-state index contributed by atoms with van der Waals surface area (Å²) in [5.74, 6) is 0.365. The monoisotopic (exact) mass is 248 g/mol. The first-order valence-electron chi connectivity index (χ1n) is 5.64. The largest absolute Gasteiger partial charge is 0.383 e. The lowest BCUT2D eigenvalue weighted by Gasteiger charge is -2.07. The average molecular weight is 248 g/mol. The topological polar surface area (TPSA) is 41.1 Å². The maximum absolute atomic E-state index is 11.7. The maximum atomic E-state index is 11.7. The first-order valence-corrected chi connectivity index (χ1v) is 6.16. The molecule has 17 heavy (non-hydrogen) atoms. The molecule has 1 aliphatic rings. The van der Waals surface area contributed by atoms with Gasteiger partial charge in [-0.25, -0.2) is 0 Å². The molecule has 0 aliphatic heterocycles. The van der Waals surface area contributed by atoms with E-state index in [0.29, 0.717) is 11.6 Å². The summed E-state index contributed by atoms with van der Waals surface area (Å²) in [4.78, 5) is 11.7. The lowest BCUT2D eigenvalue weighted by molar-refractivity contribution is -0.117. The van der Waals surface area contributed by atoms with Crippen molar-refractivity contribution in [1.29, 1.82) is 0 Å². The first-order chi connectivity index (χ1) is 8.26. The Balaban J connectivity index is 1.91. The summed E-state index contributed by atoms with van der Waals surface area (Å²) >= 11 is 3.98. The molecule has 2 atom stereocenters. The fourth-order valence-electron chi connectivity index (χ4n) is 1.91. The molecule has 0 spiro atoms. The Labute approximate surface area is 107 Å². The van der Waals surface area contributed by atoms with Gasteiger partial charge < -0.3 is 10.6 Å². The molecule has 0 heterocycles. The molecule has 0 saturated heterocycles. The fraction of sp³-hybridized carbons (Fsp3) is 0.308. The summed E-state index contributed by atoms with van der Waals surface area (Å²) in [6.45, 7) is 0. The highest BCUT2D eigenvalue weighted by molar-refractivity contribution is 7.83. The molecule has 0 aromatic heterocycles. The number of hydrogen-bond acceptors (Lipinski definition) is 3. The fourth-order valence-corrected chi connectivity index (χ4v) is 2.15. The molecule has 90 valence electrons. The van der Waals surface area contributed by atoms with Crippen molar-refractivity contribution in [3.05, 3.63) is 47.0 Å². The minimum atomic E-state index is -0.0917. The van der Waals surface area contributed by atoms with E-state index in [-0.39, 0.29) is 11.9 Å². The van der Waals surface area contributed by atoms with E-state index in [4.69, 9.17) is 0 Å². The minimum Gasteiger partial charge on any atom is -0.383 e. The van der Waals surface area contributed by atoms with E-state index in [2.05, 4.69) is 35.4 Å². The van der Waals surface area contributed by atoms with Crippen LogP contribution in [0.3, 0.4) is 0 Å². The van der Waals surface area contributed by atoms with E-state index in [1.807, 2.05) is 18.2 Å². The highest BCUT2D eigenvalue weighted by Gasteiger charge is 2.39. The smallest absolute Gasteiger partial charge is 0.268 e. The zero-order chi connectivity index (χ0) is 12.3. The van der Waals surface area contributed by atoms with Gasteiger partial charge in [-0.05, 0) is 17.4 Å². The lowest BCUT2D eigenvalue weighted by atomic mass is 10.1. The van der Waals surface area contributed by atoms with Crippen LogP contribution in [0.25, 0.3) is 0 Å². The van der Waals surface area contributed by atoms with Crippen LogP contribution >= 0.6 is 12.6 Å². The zero-order valence-electron chi connectivity index (χ0n) is 9.68. The lowest BCUT2D eigenvalue weighted by Crippen LogP contribution is -2.32. The van der Waals surface area contributed by atoms with Crippen molar-refractivity contribution in [3.63, 3.8) is 0 Å². The number of benzene rings is 1. The van der Waals surface area contributed by atoms with E-state index in [1.165, 1.54) is 11.0 Å². The summed E-state index contributed by atoms with van der Waals surface area (Å²) in [6, 6.07) is 10.5. The molecule has 2 N–H and O–H groups in total. The van der Waals surface area contributed by atoms with Gasteiger partial charge in [0.2, 0.25) is 0 Å². The Bertz CT molecular complexity index is 430. The van der Waals surface area contributed by atoms with Crippen molar-refractivity contribution in [2.75, 3.05) is 7.05 Å². The van der Waals surface area contributed by atoms with Gasteiger partial charge >= 0.3 is 0 Å². The van der Waals surface area contributed by atoms with Crippen LogP contribution < -0.4 is 10.6 Å². The van der Waals surface area contributed by atoms with Crippen molar-refractivity contribution in [2.24, 2.45) is 0 Å². The minimum absolute atomic E-state index is 0.0917. The van der Waals surface area contributed by atoms with Gasteiger partial charge in [0.05, 0.1) is 0 Å². The summed E-state index contributed by atoms with van der Waals surface area (Å²) in [5.41, 5.74) is 1.78. The number of rotatable bonds is 4. The third-order valence-corrected chi connectivity index (χ3v) is 3.24. The van der Waals surface area contributed by atoms with Crippen LogP contribution in [0.4, 0.5) is 0 Å². The molecule has 1 saturated carbocycles. The second-order valence-corrected chi connectivity index (χ2v) is 4.38. The van der Waals surface area contributed by atoms with Crippen LogP contribution in [0.5, 0.6) is 0 Å². The van der Waals surface area contributed by atoms with Crippen molar-refractivity contribution < 1.29 is 4.79 Å². The van der Waals surface area contributed by atoms with E-state index in [9.17, 15) is 4.79 Å². The molecule has 1 fully saturated rings. The molecular formula is C13H16N2OS. The molecule has 0 bridgehead atoms. The van der Waals surface area contributed by atoms with E-state index < -0.39 is 0 Å². The van der Waals surface area contributed by atoms with Gasteiger partial charge in [0.15, 0.2) is 0 Å². The van der Waals surface area contributed by atoms with Crippen molar-refractivity contribution in [3.8, 4) is 0 Å². The molecule has 0 radical (unpaired) electrons. The zero-order valence-corrected chi connectivity index (χ0v) is 10.6. The standard InChI is InChI=1S/C13H16N2OS/c1-14-12(8-17)13(16)15-11-7-10(11)9-5-3-2-4-6-9/h2-6,8,10-11,14,17H,7H2,1H3,(H,15,16)/b12-8-. The summed E-state index contributed by atoms with van der Waals surface area (Å²) in [7, 11) is 1.71. The number of nitrogens with one attached hydrogen (secondary N) is 2. The SMILES string of the molecule is CN/C(=C\S)C(=O)NC1CC1c1ccccc1. The van der Waals surface area contributed by atoms with E-state index in [1.54, 1.807) is 7.05 Å². The first kappa shape index (κ1) is 12.0. The number of amides is 1. The van der Waals surface area contributed by atoms with Crippen molar-refractivity contribution >= 4 is 18.5 Å². The van der Waals surface area contributed by atoms with Crippen LogP contribution in [0, 0.1) is 0 Å². The second kappa shape index (κ2) is 5.27. The predicted octanol–water partition coefficient (Wildman–Crippen LogP) is 1.65. The molecule has 1 aromatic carbocycles. The van der Waals surface area contributed by atoms with Gasteiger partial charge in [0, 0.05) is 19.0 Å². The van der Waals surface area contributed by atoms with Gasteiger partial charge in [-0.2, -0.15) is 0 Å². The van der Waals surface area contributed by atoms with E-state index >= 15 is 0 Å². The quantitative estimate of drug-likeness (QED) is 0.560. The average Bonchev–Trinajstić information content (AvgIpc) is 3.11. The Morgan fingerprint density at radius 3 is 2.71 bits per heavy atom. The van der Waals surface area contributed by atoms with Gasteiger partial charge in [0.25, 0.3) is 5.91 Å². The number of likely N-dealkylation sites (N-methyl/N-ethyl adjacent to an activating group) is 1. The third-order valence-electron chi connectivity index (χ3n) is 2.98. The normalized spacial score (nSPS) is 23.1. The molecule has 4 heteroatoms. The van der Waals surface area contributed by atoms with Crippen LogP contribution in [-0.2, 0) is 4.79 Å². The Hall–Kier alpha value is -1.42. The number of carbonyl (C=O) groups is 1. The van der Waals surface area contributed by atoms with Gasteiger partial charge in [-0.15, -0.1) is 12.6 Å². The van der Waals surface area contributed by atoms with Crippen molar-refractivity contribution in [2.45, 2.75) is 18.4 Å². The molecule has 3 nitrogen and oxygen atoms in total. The Morgan fingerprint density at radius 2 is 2.12 bits per heavy atom. The van der Waals surface area contributed by atoms with Crippen LogP contribution in [0.15, 0.2) is 41.4 Å². The van der Waals surface area contributed by atoms with Crippen LogP contribution in [0.2, 0.25) is 0 Å². The Kier molecular flexibility index (Phi) is 3.74. The summed E-state index contributed by atoms with van der Waals surface area (Å²) in [6.07, 6.45) is 1.01. The summed E-state index contributed by atoms with van der Waals surface area (Å²) < 4.78 is 0.